The monoisotopic (exact) mass is 185 g/mol. The van der Waals surface area contributed by atoms with Crippen LogP contribution < -0.4 is 5.32 Å². The number of nitrogens with zero attached hydrogens (tertiary/aromatic N) is 2. The first-order valence-electron chi connectivity index (χ1n) is 4.11. The molecule has 0 aromatic carbocycles. The number of hydrogen-bond acceptors (Lipinski definition) is 6. The lowest BCUT2D eigenvalue weighted by Gasteiger charge is -2.19. The normalized spacial score (nSPS) is 23.0. The second-order valence-electron chi connectivity index (χ2n) is 2.64. The molecule has 72 valence electrons. The van der Waals surface area contributed by atoms with Crippen molar-refractivity contribution in [1.82, 2.24) is 10.1 Å². The summed E-state index contributed by atoms with van der Waals surface area (Å²) in [6, 6.07) is 0.393. The molecule has 0 bridgehead atoms. The van der Waals surface area contributed by atoms with Crippen LogP contribution in [0, 0.1) is 0 Å². The first-order chi connectivity index (χ1) is 6.40. The molecule has 0 amide bonds. The van der Waals surface area contributed by atoms with E-state index in [4.69, 9.17) is 14.0 Å². The van der Waals surface area contributed by atoms with E-state index in [0.717, 1.165) is 0 Å². The van der Waals surface area contributed by atoms with E-state index in [1.165, 1.54) is 0 Å². The number of ether oxygens (including phenoxy) is 2. The standard InChI is InChI=1S/C7H11N3O3/c1-8-7-9-6(10-13-7)5-4-11-2-3-12-5/h5H,2-4H2,1H3,(H,8,9,10). The number of hydrogen-bond donors (Lipinski definition) is 1. The quantitative estimate of drug-likeness (QED) is 0.709. The molecule has 6 heteroatoms. The minimum atomic E-state index is -0.195. The number of rotatable bonds is 2. The summed E-state index contributed by atoms with van der Waals surface area (Å²) in [6.45, 7) is 1.70. The van der Waals surface area contributed by atoms with Crippen LogP contribution in [0.4, 0.5) is 6.01 Å². The Morgan fingerprint density at radius 3 is 3.00 bits per heavy atom. The van der Waals surface area contributed by atoms with E-state index in [0.29, 0.717) is 31.7 Å². The average molecular weight is 185 g/mol. The highest BCUT2D eigenvalue weighted by Gasteiger charge is 2.21. The third-order valence-electron chi connectivity index (χ3n) is 1.76. The summed E-state index contributed by atoms with van der Waals surface area (Å²) in [5, 5.41) is 6.51. The molecule has 0 radical (unpaired) electrons. The van der Waals surface area contributed by atoms with Crippen molar-refractivity contribution in [1.29, 1.82) is 0 Å². The van der Waals surface area contributed by atoms with Gasteiger partial charge in [0, 0.05) is 7.05 Å². The molecule has 0 spiro atoms. The number of anilines is 1. The smallest absolute Gasteiger partial charge is 0.321 e. The van der Waals surface area contributed by atoms with E-state index in [1.807, 2.05) is 0 Å². The minimum absolute atomic E-state index is 0.195. The summed E-state index contributed by atoms with van der Waals surface area (Å²) in [4.78, 5) is 4.06. The van der Waals surface area contributed by atoms with Gasteiger partial charge in [0.1, 0.15) is 6.10 Å². The maximum absolute atomic E-state index is 5.38. The minimum Gasteiger partial charge on any atom is -0.376 e. The van der Waals surface area contributed by atoms with Crippen LogP contribution in [-0.4, -0.2) is 37.0 Å². The van der Waals surface area contributed by atoms with Gasteiger partial charge in [0.25, 0.3) is 0 Å². The van der Waals surface area contributed by atoms with Crippen LogP contribution in [-0.2, 0) is 9.47 Å². The van der Waals surface area contributed by atoms with Gasteiger partial charge in [0.15, 0.2) is 0 Å². The molecular weight excluding hydrogens is 174 g/mol. The summed E-state index contributed by atoms with van der Waals surface area (Å²) in [6.07, 6.45) is -0.195. The van der Waals surface area contributed by atoms with Crippen LogP contribution in [0.15, 0.2) is 4.52 Å². The Bertz CT molecular complexity index is 270. The SMILES string of the molecule is CNc1nc(C2COCCO2)no1. The lowest BCUT2D eigenvalue weighted by atomic mass is 10.3. The molecule has 1 unspecified atom stereocenters. The fraction of sp³-hybridized carbons (Fsp3) is 0.714. The zero-order chi connectivity index (χ0) is 9.10. The van der Waals surface area contributed by atoms with E-state index in [2.05, 4.69) is 15.5 Å². The molecule has 2 heterocycles. The Morgan fingerprint density at radius 1 is 1.46 bits per heavy atom. The van der Waals surface area contributed by atoms with Crippen molar-refractivity contribution < 1.29 is 14.0 Å². The fourth-order valence-corrected chi connectivity index (χ4v) is 1.10. The Kier molecular flexibility index (Phi) is 2.42. The summed E-state index contributed by atoms with van der Waals surface area (Å²) in [5.74, 6) is 0.532. The van der Waals surface area contributed by atoms with Gasteiger partial charge in [-0.2, -0.15) is 4.98 Å². The third kappa shape index (κ3) is 1.78. The zero-order valence-electron chi connectivity index (χ0n) is 7.32. The van der Waals surface area contributed by atoms with Crippen molar-refractivity contribution in [2.24, 2.45) is 0 Å². The zero-order valence-corrected chi connectivity index (χ0v) is 7.32. The van der Waals surface area contributed by atoms with Crippen LogP contribution in [0.2, 0.25) is 0 Å². The topological polar surface area (TPSA) is 69.4 Å². The van der Waals surface area contributed by atoms with Crippen molar-refractivity contribution in [2.75, 3.05) is 32.2 Å². The van der Waals surface area contributed by atoms with Crippen molar-refractivity contribution in [2.45, 2.75) is 6.10 Å². The highest BCUT2D eigenvalue weighted by Crippen LogP contribution is 2.18. The Hall–Kier alpha value is -1.14. The third-order valence-corrected chi connectivity index (χ3v) is 1.76. The first kappa shape index (κ1) is 8.46. The van der Waals surface area contributed by atoms with E-state index >= 15 is 0 Å². The summed E-state index contributed by atoms with van der Waals surface area (Å²) in [7, 11) is 1.72. The van der Waals surface area contributed by atoms with E-state index in [-0.39, 0.29) is 6.10 Å². The molecule has 6 nitrogen and oxygen atoms in total. The molecule has 1 aromatic heterocycles. The van der Waals surface area contributed by atoms with Crippen LogP contribution in [0.25, 0.3) is 0 Å². The second-order valence-corrected chi connectivity index (χ2v) is 2.64. The van der Waals surface area contributed by atoms with Gasteiger partial charge in [0.05, 0.1) is 19.8 Å². The van der Waals surface area contributed by atoms with Gasteiger partial charge in [0.2, 0.25) is 5.82 Å². The van der Waals surface area contributed by atoms with Crippen molar-refractivity contribution in [3.63, 3.8) is 0 Å². The maximum Gasteiger partial charge on any atom is 0.321 e. The fourth-order valence-electron chi connectivity index (χ4n) is 1.10. The predicted octanol–water partition coefficient (Wildman–Crippen LogP) is 0.199. The molecule has 1 fully saturated rings. The maximum atomic E-state index is 5.38. The number of aromatic nitrogens is 2. The lowest BCUT2D eigenvalue weighted by Crippen LogP contribution is -2.22. The molecule has 1 aromatic rings. The Balaban J connectivity index is 2.05. The summed E-state index contributed by atoms with van der Waals surface area (Å²) < 4.78 is 15.5. The Labute approximate surface area is 75.2 Å². The summed E-state index contributed by atoms with van der Waals surface area (Å²) >= 11 is 0. The highest BCUT2D eigenvalue weighted by atomic mass is 16.6. The molecular formula is C7H11N3O3. The van der Waals surface area contributed by atoms with Gasteiger partial charge in [-0.3, -0.25) is 0 Å². The van der Waals surface area contributed by atoms with Gasteiger partial charge < -0.3 is 19.3 Å². The molecule has 1 N–H and O–H groups in total. The molecule has 1 saturated heterocycles. The van der Waals surface area contributed by atoms with Gasteiger partial charge >= 0.3 is 6.01 Å². The van der Waals surface area contributed by atoms with Crippen LogP contribution in [0.5, 0.6) is 0 Å². The van der Waals surface area contributed by atoms with Crippen LogP contribution in [0.1, 0.15) is 11.9 Å². The lowest BCUT2D eigenvalue weighted by molar-refractivity contribution is -0.0941. The molecule has 1 aliphatic heterocycles. The molecule has 13 heavy (non-hydrogen) atoms. The average Bonchev–Trinajstić information content (AvgIpc) is 2.67. The van der Waals surface area contributed by atoms with E-state index in [1.54, 1.807) is 7.05 Å². The van der Waals surface area contributed by atoms with Gasteiger partial charge in [-0.1, -0.05) is 5.16 Å². The predicted molar refractivity (Wildman–Crippen MR) is 43.4 cm³/mol. The van der Waals surface area contributed by atoms with Crippen LogP contribution >= 0.6 is 0 Å². The number of nitrogens with one attached hydrogen (secondary N) is 1. The van der Waals surface area contributed by atoms with Crippen LogP contribution in [0.3, 0.4) is 0 Å². The Morgan fingerprint density at radius 2 is 2.38 bits per heavy atom. The van der Waals surface area contributed by atoms with Crippen molar-refractivity contribution in [3.05, 3.63) is 5.82 Å². The largest absolute Gasteiger partial charge is 0.376 e. The van der Waals surface area contributed by atoms with Gasteiger partial charge in [-0.15, -0.1) is 0 Å². The molecule has 0 aliphatic carbocycles. The summed E-state index contributed by atoms with van der Waals surface area (Å²) in [5.41, 5.74) is 0. The van der Waals surface area contributed by atoms with Crippen molar-refractivity contribution >= 4 is 6.01 Å². The van der Waals surface area contributed by atoms with E-state index < -0.39 is 0 Å². The van der Waals surface area contributed by atoms with Gasteiger partial charge in [-0.25, -0.2) is 0 Å². The molecule has 1 aliphatic rings. The first-order valence-corrected chi connectivity index (χ1v) is 4.11. The molecule has 0 saturated carbocycles. The molecule has 2 rings (SSSR count). The van der Waals surface area contributed by atoms with Crippen molar-refractivity contribution in [3.8, 4) is 0 Å². The van der Waals surface area contributed by atoms with Gasteiger partial charge in [-0.05, 0) is 0 Å². The van der Waals surface area contributed by atoms with E-state index in [9.17, 15) is 0 Å². The highest BCUT2D eigenvalue weighted by molar-refractivity contribution is 5.16. The second kappa shape index (κ2) is 3.71. The molecule has 1 atom stereocenters.